The van der Waals surface area contributed by atoms with Gasteiger partial charge in [-0.3, -0.25) is 9.78 Å². The first-order valence-corrected chi connectivity index (χ1v) is 14.9. The average molecular weight is 586 g/mol. The van der Waals surface area contributed by atoms with E-state index in [0.29, 0.717) is 36.2 Å². The molecule has 2 aliphatic carbocycles. The highest BCUT2D eigenvalue weighted by Crippen LogP contribution is 2.58. The maximum Gasteiger partial charge on any atom is 0.319 e. The van der Waals surface area contributed by atoms with Crippen LogP contribution in [0.1, 0.15) is 36.3 Å². The zero-order valence-corrected chi connectivity index (χ0v) is 24.1. The van der Waals surface area contributed by atoms with Crippen molar-refractivity contribution in [1.82, 2.24) is 24.8 Å². The summed E-state index contributed by atoms with van der Waals surface area (Å²) in [6.07, 6.45) is 5.85. The first-order valence-electron chi connectivity index (χ1n) is 14.9. The topological polar surface area (TPSA) is 79.1 Å². The highest BCUT2D eigenvalue weighted by molar-refractivity contribution is 5.93. The molecule has 4 aliphatic rings. The average Bonchev–Trinajstić information content (AvgIpc) is 3.48. The van der Waals surface area contributed by atoms with E-state index in [9.17, 15) is 9.18 Å². The second kappa shape index (κ2) is 10.8. The second-order valence-corrected chi connectivity index (χ2v) is 12.1. The van der Waals surface area contributed by atoms with Gasteiger partial charge in [0.1, 0.15) is 29.7 Å². The molecule has 0 N–H and O–H groups in total. The summed E-state index contributed by atoms with van der Waals surface area (Å²) in [5.74, 6) is -0.888. The number of pyridine rings is 1. The molecule has 2 saturated heterocycles. The predicted molar refractivity (Wildman–Crippen MR) is 158 cm³/mol. The van der Waals surface area contributed by atoms with Crippen LogP contribution in [-0.2, 0) is 11.2 Å². The molecule has 4 heterocycles. The number of hydrogen-bond donors (Lipinski definition) is 0. The lowest BCUT2D eigenvalue weighted by Gasteiger charge is -2.39. The number of anilines is 1. The number of hydrogen-bond acceptors (Lipinski definition) is 7. The van der Waals surface area contributed by atoms with Crippen molar-refractivity contribution in [2.45, 2.75) is 43.7 Å². The Balaban J connectivity index is 1.29. The molecule has 2 aliphatic heterocycles. The molecule has 1 saturated carbocycles. The fraction of sp³-hybridized carbons (Fsp3) is 0.469. The zero-order valence-electron chi connectivity index (χ0n) is 24.1. The van der Waals surface area contributed by atoms with E-state index in [1.165, 1.54) is 16.0 Å². The Morgan fingerprint density at radius 1 is 1.23 bits per heavy atom. The molecule has 0 bridgehead atoms. The molecule has 3 aromatic rings. The van der Waals surface area contributed by atoms with Gasteiger partial charge in [-0.25, -0.2) is 15.4 Å². The Hall–Kier alpha value is -4.17. The number of piperazine rings is 1. The normalized spacial score (nSPS) is 24.5. The maximum atomic E-state index is 16.6. The van der Waals surface area contributed by atoms with Gasteiger partial charge in [0.05, 0.1) is 5.39 Å². The molecule has 0 unspecified atom stereocenters. The lowest BCUT2D eigenvalue weighted by molar-refractivity contribution is -0.131. The Bertz CT molecular complexity index is 1670. The number of amides is 1. The van der Waals surface area contributed by atoms with Crippen LogP contribution in [0.2, 0.25) is 0 Å². The summed E-state index contributed by atoms with van der Waals surface area (Å²) in [6, 6.07) is 5.71. The van der Waals surface area contributed by atoms with Crippen molar-refractivity contribution in [1.29, 1.82) is 0 Å². The minimum Gasteiger partial charge on any atom is -0.462 e. The number of carbonyl (C=O) groups excluding carboxylic acids is 1. The van der Waals surface area contributed by atoms with Crippen LogP contribution in [0.4, 0.5) is 14.6 Å². The SMILES string of the molecule is [C-]#[N+]C[C@H]1CN(c2nc(OC[C@@H]3CCCN3C)nc3c(F)c(-c4cccc5c4[C@@H]4C[C@@H]4C5)ncc23)CCN1C(=O)C(=C)F. The number of rotatable bonds is 7. The van der Waals surface area contributed by atoms with Crippen LogP contribution >= 0.6 is 0 Å². The summed E-state index contributed by atoms with van der Waals surface area (Å²) in [5.41, 5.74) is 3.66. The van der Waals surface area contributed by atoms with Gasteiger partial charge in [0.25, 0.3) is 5.91 Å². The number of aromatic nitrogens is 3. The highest BCUT2D eigenvalue weighted by atomic mass is 19.1. The van der Waals surface area contributed by atoms with Crippen molar-refractivity contribution >= 4 is 22.6 Å². The molecule has 1 amide bonds. The number of likely N-dealkylation sites (N-methyl/N-ethyl adjacent to an activating group) is 1. The van der Waals surface area contributed by atoms with Crippen molar-refractivity contribution in [3.8, 4) is 17.3 Å². The van der Waals surface area contributed by atoms with E-state index < -0.39 is 23.6 Å². The quantitative estimate of drug-likeness (QED) is 0.301. The minimum atomic E-state index is -1.06. The van der Waals surface area contributed by atoms with E-state index >= 15 is 4.39 Å². The minimum absolute atomic E-state index is 0.0199. The van der Waals surface area contributed by atoms with Crippen LogP contribution in [0.3, 0.4) is 0 Å². The molecule has 43 heavy (non-hydrogen) atoms. The van der Waals surface area contributed by atoms with E-state index in [4.69, 9.17) is 16.3 Å². The third-order valence-electron chi connectivity index (χ3n) is 9.52. The van der Waals surface area contributed by atoms with Crippen molar-refractivity contribution in [2.24, 2.45) is 5.92 Å². The van der Waals surface area contributed by atoms with E-state index in [0.717, 1.165) is 37.8 Å². The van der Waals surface area contributed by atoms with Crippen LogP contribution in [-0.4, -0.2) is 89.1 Å². The van der Waals surface area contributed by atoms with Crippen molar-refractivity contribution in [2.75, 3.05) is 51.3 Å². The molecule has 1 aromatic carbocycles. The number of fused-ring (bicyclic) bond motifs is 4. The molecular formula is C32H33F2N7O2. The smallest absolute Gasteiger partial charge is 0.319 e. The zero-order chi connectivity index (χ0) is 29.8. The fourth-order valence-electron chi connectivity index (χ4n) is 7.15. The van der Waals surface area contributed by atoms with Crippen molar-refractivity contribution in [3.05, 3.63) is 65.2 Å². The second-order valence-electron chi connectivity index (χ2n) is 12.1. The van der Waals surface area contributed by atoms with E-state index in [1.54, 1.807) is 6.20 Å². The van der Waals surface area contributed by atoms with Gasteiger partial charge in [-0.15, -0.1) is 0 Å². The summed E-state index contributed by atoms with van der Waals surface area (Å²) < 4.78 is 36.5. The van der Waals surface area contributed by atoms with E-state index in [1.807, 2.05) is 17.0 Å². The number of nitrogens with zero attached hydrogens (tertiary/aromatic N) is 7. The highest BCUT2D eigenvalue weighted by Gasteiger charge is 2.46. The van der Waals surface area contributed by atoms with Crippen LogP contribution in [0.5, 0.6) is 6.01 Å². The number of carbonyl (C=O) groups is 1. The van der Waals surface area contributed by atoms with Crippen LogP contribution in [0, 0.1) is 18.3 Å². The molecular weight excluding hydrogens is 552 g/mol. The van der Waals surface area contributed by atoms with Gasteiger partial charge in [-0.05, 0) is 62.2 Å². The Morgan fingerprint density at radius 2 is 2.09 bits per heavy atom. The number of benzene rings is 1. The first-order chi connectivity index (χ1) is 20.8. The molecule has 11 heteroatoms. The van der Waals surface area contributed by atoms with Crippen LogP contribution < -0.4 is 9.64 Å². The summed E-state index contributed by atoms with van der Waals surface area (Å²) >= 11 is 0. The lowest BCUT2D eigenvalue weighted by Crippen LogP contribution is -2.56. The van der Waals surface area contributed by atoms with E-state index in [-0.39, 0.29) is 42.9 Å². The molecule has 0 radical (unpaired) electrons. The molecule has 7 rings (SSSR count). The summed E-state index contributed by atoms with van der Waals surface area (Å²) in [6.45, 7) is 12.6. The number of halogens is 2. The van der Waals surface area contributed by atoms with Gasteiger partial charge in [0, 0.05) is 37.4 Å². The Morgan fingerprint density at radius 3 is 2.86 bits per heavy atom. The maximum absolute atomic E-state index is 16.6. The number of likely N-dealkylation sites (tertiary alicyclic amines) is 1. The van der Waals surface area contributed by atoms with Gasteiger partial charge in [-0.2, -0.15) is 9.97 Å². The van der Waals surface area contributed by atoms with Gasteiger partial charge in [-0.1, -0.05) is 24.8 Å². The molecule has 3 fully saturated rings. The number of ether oxygens (including phenoxy) is 1. The molecule has 0 spiro atoms. The Kier molecular flexibility index (Phi) is 6.96. The van der Waals surface area contributed by atoms with E-state index in [2.05, 4.69) is 39.4 Å². The standard InChI is InChI=1S/C32H33F2N7O2/c1-18(33)31(42)41-11-10-40(16-22(41)14-35-2)30-25-15-36-28(23-8-4-6-19-12-20-13-24(20)26(19)23)27(34)29(25)37-32(38-30)43-17-21-7-5-9-39(21)3/h4,6,8,15,20-22,24H,1,5,7,9-14,16-17H2,3H3/t20-,21-,22-,24+/m0/s1. The van der Waals surface area contributed by atoms with Crippen LogP contribution in [0.25, 0.3) is 27.0 Å². The van der Waals surface area contributed by atoms with Gasteiger partial charge >= 0.3 is 6.01 Å². The monoisotopic (exact) mass is 585 g/mol. The molecule has 4 atom stereocenters. The van der Waals surface area contributed by atoms with Gasteiger partial charge in [0.15, 0.2) is 11.6 Å². The molecule has 2 aromatic heterocycles. The first kappa shape index (κ1) is 27.7. The third-order valence-corrected chi connectivity index (χ3v) is 9.52. The largest absolute Gasteiger partial charge is 0.462 e. The van der Waals surface area contributed by atoms with Gasteiger partial charge in [0.2, 0.25) is 6.54 Å². The summed E-state index contributed by atoms with van der Waals surface area (Å²) in [4.78, 5) is 35.3. The summed E-state index contributed by atoms with van der Waals surface area (Å²) in [7, 11) is 2.05. The predicted octanol–water partition coefficient (Wildman–Crippen LogP) is 4.38. The Labute approximate surface area is 249 Å². The molecule has 9 nitrogen and oxygen atoms in total. The fourth-order valence-corrected chi connectivity index (χ4v) is 7.15. The van der Waals surface area contributed by atoms with Crippen LogP contribution in [0.15, 0.2) is 36.8 Å². The lowest BCUT2D eigenvalue weighted by atomic mass is 9.96. The molecule has 222 valence electrons. The van der Waals surface area contributed by atoms with Crippen molar-refractivity contribution < 1.29 is 18.3 Å². The van der Waals surface area contributed by atoms with Gasteiger partial charge < -0.3 is 24.3 Å². The third kappa shape index (κ3) is 4.87. The summed E-state index contributed by atoms with van der Waals surface area (Å²) in [5, 5.41) is 0.416. The van der Waals surface area contributed by atoms with Crippen molar-refractivity contribution in [3.63, 3.8) is 0 Å².